The summed E-state index contributed by atoms with van der Waals surface area (Å²) in [5, 5.41) is 8.48. The van der Waals surface area contributed by atoms with Crippen molar-refractivity contribution >= 4 is 29.4 Å². The molecule has 0 bridgehead atoms. The Morgan fingerprint density at radius 2 is 1.94 bits per heavy atom. The normalized spacial score (nSPS) is 27.2. The maximum absolute atomic E-state index is 13.2. The smallest absolute Gasteiger partial charge is 0.325 e. The van der Waals surface area contributed by atoms with Gasteiger partial charge in [0.05, 0.1) is 0 Å². The van der Waals surface area contributed by atoms with E-state index in [2.05, 4.69) is 36.7 Å². The number of nitrogens with one attached hydrogen (secondary N) is 3. The maximum atomic E-state index is 13.2. The van der Waals surface area contributed by atoms with E-state index in [1.165, 1.54) is 0 Å². The van der Waals surface area contributed by atoms with Gasteiger partial charge in [0.2, 0.25) is 5.91 Å². The van der Waals surface area contributed by atoms with Crippen molar-refractivity contribution in [2.24, 2.45) is 11.3 Å². The summed E-state index contributed by atoms with van der Waals surface area (Å²) < 4.78 is 0. The molecule has 2 atom stereocenters. The molecule has 0 unspecified atom stereocenters. The Morgan fingerprint density at radius 1 is 1.19 bits per heavy atom. The predicted molar refractivity (Wildman–Crippen MR) is 115 cm³/mol. The average molecular weight is 427 g/mol. The summed E-state index contributed by atoms with van der Waals surface area (Å²) in [6, 6.07) is 6.35. The first-order chi connectivity index (χ1) is 14.6. The molecule has 2 saturated carbocycles. The van der Waals surface area contributed by atoms with Crippen LogP contribution < -0.4 is 16.0 Å². The molecule has 0 aromatic heterocycles. The summed E-state index contributed by atoms with van der Waals surface area (Å²) >= 11 is 0. The zero-order chi connectivity index (χ0) is 22.4. The van der Waals surface area contributed by atoms with Gasteiger partial charge in [-0.3, -0.25) is 19.3 Å². The van der Waals surface area contributed by atoms with Crippen molar-refractivity contribution in [1.29, 1.82) is 0 Å². The monoisotopic (exact) mass is 426 g/mol. The van der Waals surface area contributed by atoms with Crippen LogP contribution in [-0.2, 0) is 9.59 Å². The van der Waals surface area contributed by atoms with Crippen LogP contribution in [-0.4, -0.2) is 46.8 Å². The fraction of sp³-hybridized carbons (Fsp3) is 0.565. The van der Waals surface area contributed by atoms with E-state index in [4.69, 9.17) is 0 Å². The van der Waals surface area contributed by atoms with Crippen molar-refractivity contribution < 1.29 is 19.2 Å². The molecule has 31 heavy (non-hydrogen) atoms. The van der Waals surface area contributed by atoms with Gasteiger partial charge in [-0.25, -0.2) is 4.79 Å². The van der Waals surface area contributed by atoms with Crippen molar-refractivity contribution in [1.82, 2.24) is 15.5 Å². The first kappa shape index (κ1) is 21.3. The van der Waals surface area contributed by atoms with E-state index in [1.54, 1.807) is 24.3 Å². The highest BCUT2D eigenvalue weighted by atomic mass is 16.2. The number of urea groups is 1. The van der Waals surface area contributed by atoms with Crippen molar-refractivity contribution in [2.45, 2.75) is 64.5 Å². The molecule has 166 valence electrons. The zero-order valence-electron chi connectivity index (χ0n) is 18.3. The number of carbonyl (C=O) groups is 4. The largest absolute Gasteiger partial charge is 0.349 e. The second kappa shape index (κ2) is 7.66. The average Bonchev–Trinajstić information content (AvgIpc) is 3.44. The van der Waals surface area contributed by atoms with Crippen LogP contribution in [0, 0.1) is 11.3 Å². The molecule has 3 aliphatic rings. The first-order valence-electron chi connectivity index (χ1n) is 10.9. The predicted octanol–water partition coefficient (Wildman–Crippen LogP) is 2.65. The first-order valence-corrected chi connectivity index (χ1v) is 10.9. The van der Waals surface area contributed by atoms with E-state index in [1.807, 2.05) is 0 Å². The number of nitrogens with zero attached hydrogens (tertiary/aromatic N) is 1. The molecule has 1 heterocycles. The van der Waals surface area contributed by atoms with Gasteiger partial charge in [0.15, 0.2) is 0 Å². The molecule has 3 N–H and O–H groups in total. The topological polar surface area (TPSA) is 108 Å². The standard InChI is InChI=1S/C23H30N4O4/c1-14-10-22(2,3)13-23(11-14)20(30)27(21(31)26-23)12-18(28)24-17-6-4-5-15(9-17)19(29)25-16-7-8-16/h4-6,9,14,16H,7-8,10-13H2,1-3H3,(H,24,28)(H,25,29)(H,26,31)/t14-,23+/m1/s1. The molecular formula is C23H30N4O4. The van der Waals surface area contributed by atoms with Gasteiger partial charge >= 0.3 is 6.03 Å². The van der Waals surface area contributed by atoms with E-state index in [9.17, 15) is 19.2 Å². The lowest BCUT2D eigenvalue weighted by Crippen LogP contribution is -2.54. The Hall–Kier alpha value is -2.90. The molecule has 1 spiro atoms. The van der Waals surface area contributed by atoms with E-state index in [0.717, 1.165) is 24.2 Å². The van der Waals surface area contributed by atoms with Gasteiger partial charge in [-0.05, 0) is 61.6 Å². The molecule has 5 amide bonds. The van der Waals surface area contributed by atoms with Gasteiger partial charge in [-0.1, -0.05) is 26.8 Å². The van der Waals surface area contributed by atoms with Gasteiger partial charge in [0.25, 0.3) is 11.8 Å². The molecule has 0 radical (unpaired) electrons. The summed E-state index contributed by atoms with van der Waals surface area (Å²) in [4.78, 5) is 51.6. The molecule has 4 rings (SSSR count). The summed E-state index contributed by atoms with van der Waals surface area (Å²) in [7, 11) is 0. The SMILES string of the molecule is C[C@@H]1CC(C)(C)C[C@]2(C1)NC(=O)N(CC(=O)Nc1cccc(C(=O)NC3CC3)c1)C2=O. The third kappa shape index (κ3) is 4.57. The molecule has 1 saturated heterocycles. The lowest BCUT2D eigenvalue weighted by molar-refractivity contribution is -0.136. The number of carbonyl (C=O) groups excluding carboxylic acids is 4. The lowest BCUT2D eigenvalue weighted by atomic mass is 9.64. The van der Waals surface area contributed by atoms with Crippen LogP contribution in [0.25, 0.3) is 0 Å². The molecular weight excluding hydrogens is 396 g/mol. The Balaban J connectivity index is 1.41. The quantitative estimate of drug-likeness (QED) is 0.629. The Bertz CT molecular complexity index is 939. The fourth-order valence-corrected chi connectivity index (χ4v) is 5.23. The van der Waals surface area contributed by atoms with Crippen LogP contribution in [0.1, 0.15) is 63.2 Å². The van der Waals surface area contributed by atoms with E-state index in [-0.39, 0.29) is 29.8 Å². The number of anilines is 1. The van der Waals surface area contributed by atoms with Crippen molar-refractivity contribution in [3.05, 3.63) is 29.8 Å². The van der Waals surface area contributed by atoms with Crippen LogP contribution in [0.5, 0.6) is 0 Å². The van der Waals surface area contributed by atoms with Crippen LogP contribution in [0.15, 0.2) is 24.3 Å². The van der Waals surface area contributed by atoms with Crippen molar-refractivity contribution in [3.63, 3.8) is 0 Å². The van der Waals surface area contributed by atoms with Gasteiger partial charge in [0.1, 0.15) is 12.1 Å². The molecule has 3 fully saturated rings. The number of imide groups is 1. The lowest BCUT2D eigenvalue weighted by Gasteiger charge is -2.43. The minimum Gasteiger partial charge on any atom is -0.349 e. The summed E-state index contributed by atoms with van der Waals surface area (Å²) in [5.74, 6) is -0.691. The molecule has 2 aliphatic carbocycles. The second-order valence-electron chi connectivity index (χ2n) is 10.1. The molecule has 8 heteroatoms. The zero-order valence-corrected chi connectivity index (χ0v) is 18.3. The summed E-state index contributed by atoms with van der Waals surface area (Å²) in [6.07, 6.45) is 4.11. The minimum atomic E-state index is -0.931. The third-order valence-electron chi connectivity index (χ3n) is 6.25. The fourth-order valence-electron chi connectivity index (χ4n) is 5.23. The Morgan fingerprint density at radius 3 is 2.61 bits per heavy atom. The van der Waals surface area contributed by atoms with Gasteiger partial charge < -0.3 is 16.0 Å². The van der Waals surface area contributed by atoms with Gasteiger partial charge in [0, 0.05) is 17.3 Å². The number of amides is 5. The second-order valence-corrected chi connectivity index (χ2v) is 10.1. The number of rotatable bonds is 5. The highest BCUT2D eigenvalue weighted by molar-refractivity contribution is 6.10. The highest BCUT2D eigenvalue weighted by Gasteiger charge is 2.56. The number of hydrogen-bond donors (Lipinski definition) is 3. The molecule has 8 nitrogen and oxygen atoms in total. The highest BCUT2D eigenvalue weighted by Crippen LogP contribution is 2.46. The van der Waals surface area contributed by atoms with Crippen LogP contribution in [0.2, 0.25) is 0 Å². The maximum Gasteiger partial charge on any atom is 0.325 e. The Labute approximate surface area is 182 Å². The number of hydrogen-bond acceptors (Lipinski definition) is 4. The van der Waals surface area contributed by atoms with Crippen LogP contribution >= 0.6 is 0 Å². The van der Waals surface area contributed by atoms with Crippen LogP contribution in [0.4, 0.5) is 10.5 Å². The van der Waals surface area contributed by atoms with E-state index in [0.29, 0.717) is 30.0 Å². The van der Waals surface area contributed by atoms with E-state index < -0.39 is 17.5 Å². The van der Waals surface area contributed by atoms with Crippen molar-refractivity contribution in [2.75, 3.05) is 11.9 Å². The molecule has 1 aromatic carbocycles. The van der Waals surface area contributed by atoms with Crippen LogP contribution in [0.3, 0.4) is 0 Å². The minimum absolute atomic E-state index is 0.0691. The Kier molecular flexibility index (Phi) is 5.27. The molecule has 1 aromatic rings. The van der Waals surface area contributed by atoms with Crippen molar-refractivity contribution in [3.8, 4) is 0 Å². The van der Waals surface area contributed by atoms with E-state index >= 15 is 0 Å². The third-order valence-corrected chi connectivity index (χ3v) is 6.25. The van der Waals surface area contributed by atoms with Gasteiger partial charge in [-0.15, -0.1) is 0 Å². The summed E-state index contributed by atoms with van der Waals surface area (Å²) in [6.45, 7) is 5.93. The molecule has 1 aliphatic heterocycles. The van der Waals surface area contributed by atoms with Gasteiger partial charge in [-0.2, -0.15) is 0 Å². The summed E-state index contributed by atoms with van der Waals surface area (Å²) in [5.41, 5.74) is -0.0978. The number of benzene rings is 1.